The zero-order valence-electron chi connectivity index (χ0n) is 29.4. The first-order valence-electron chi connectivity index (χ1n) is 18.3. The van der Waals surface area contributed by atoms with Crippen molar-refractivity contribution in [3.63, 3.8) is 0 Å². The highest BCUT2D eigenvalue weighted by molar-refractivity contribution is 7.14. The SMILES string of the molecule is O=C(Nc1c(F)cccc1F)c1cc2c(s1)CCN(C(=O)c1ccc(NC(=O)c3cc4c(nc3N3CC5(CCOCC5)C3)CCC4)cc1)c1ccccc1-2. The molecule has 0 bridgehead atoms. The fourth-order valence-corrected chi connectivity index (χ4v) is 9.24. The van der Waals surface area contributed by atoms with Crippen LogP contribution in [0.3, 0.4) is 0 Å². The number of carbonyl (C=O) groups is 3. The topological polar surface area (TPSA) is 104 Å². The Morgan fingerprint density at radius 1 is 0.815 bits per heavy atom. The molecule has 3 aliphatic heterocycles. The molecule has 0 atom stereocenters. The van der Waals surface area contributed by atoms with E-state index < -0.39 is 23.2 Å². The number of nitrogens with one attached hydrogen (secondary N) is 2. The number of para-hydroxylation sites is 2. The lowest BCUT2D eigenvalue weighted by Gasteiger charge is -2.53. The van der Waals surface area contributed by atoms with Crippen LogP contribution < -0.4 is 20.4 Å². The second-order valence-corrected chi connectivity index (χ2v) is 15.7. The molecular formula is C42H37F2N5O4S. The predicted octanol–water partition coefficient (Wildman–Crippen LogP) is 7.90. The van der Waals surface area contributed by atoms with Gasteiger partial charge in [-0.2, -0.15) is 0 Å². The summed E-state index contributed by atoms with van der Waals surface area (Å²) < 4.78 is 34.1. The molecule has 5 heterocycles. The smallest absolute Gasteiger partial charge is 0.265 e. The summed E-state index contributed by atoms with van der Waals surface area (Å²) in [5, 5.41) is 5.43. The monoisotopic (exact) mass is 745 g/mol. The number of fused-ring (bicyclic) bond motifs is 4. The van der Waals surface area contributed by atoms with Crippen LogP contribution in [0.25, 0.3) is 11.1 Å². The number of hydrogen-bond donors (Lipinski definition) is 2. The Morgan fingerprint density at radius 2 is 1.57 bits per heavy atom. The number of hydrogen-bond acceptors (Lipinski definition) is 7. The molecule has 2 fully saturated rings. The lowest BCUT2D eigenvalue weighted by Crippen LogP contribution is -2.59. The third-order valence-electron chi connectivity index (χ3n) is 11.1. The second kappa shape index (κ2) is 13.7. The number of anilines is 4. The average molecular weight is 746 g/mol. The van der Waals surface area contributed by atoms with Crippen LogP contribution in [0.5, 0.6) is 0 Å². The molecule has 0 radical (unpaired) electrons. The van der Waals surface area contributed by atoms with Gasteiger partial charge in [-0.15, -0.1) is 11.3 Å². The molecule has 2 aromatic heterocycles. The van der Waals surface area contributed by atoms with Crippen LogP contribution in [-0.2, 0) is 24.0 Å². The molecule has 54 heavy (non-hydrogen) atoms. The van der Waals surface area contributed by atoms with E-state index in [0.717, 1.165) is 104 Å². The Hall–Kier alpha value is -5.46. The van der Waals surface area contributed by atoms with Crippen LogP contribution in [0.15, 0.2) is 78.9 Å². The van der Waals surface area contributed by atoms with E-state index in [4.69, 9.17) is 9.72 Å². The van der Waals surface area contributed by atoms with Crippen LogP contribution in [0.1, 0.15) is 65.8 Å². The fourth-order valence-electron chi connectivity index (χ4n) is 8.18. The number of nitrogens with zero attached hydrogens (tertiary/aromatic N) is 3. The van der Waals surface area contributed by atoms with Crippen LogP contribution in [0.4, 0.5) is 31.7 Å². The first-order valence-corrected chi connectivity index (χ1v) is 19.1. The quantitative estimate of drug-likeness (QED) is 0.183. The van der Waals surface area contributed by atoms with Gasteiger partial charge in [0.2, 0.25) is 0 Å². The zero-order chi connectivity index (χ0) is 37.0. The summed E-state index contributed by atoms with van der Waals surface area (Å²) in [6.07, 6.45) is 5.41. The lowest BCUT2D eigenvalue weighted by atomic mass is 9.73. The molecule has 3 amide bonds. The molecule has 1 spiro atoms. The summed E-state index contributed by atoms with van der Waals surface area (Å²) >= 11 is 1.24. The summed E-state index contributed by atoms with van der Waals surface area (Å²) in [6, 6.07) is 21.6. The molecule has 2 N–H and O–H groups in total. The lowest BCUT2D eigenvalue weighted by molar-refractivity contribution is -0.000521. The summed E-state index contributed by atoms with van der Waals surface area (Å²) in [5.74, 6) is -1.99. The van der Waals surface area contributed by atoms with Crippen molar-refractivity contribution in [3.8, 4) is 11.1 Å². The Balaban J connectivity index is 0.917. The summed E-state index contributed by atoms with van der Waals surface area (Å²) in [7, 11) is 0. The van der Waals surface area contributed by atoms with Crippen molar-refractivity contribution < 1.29 is 27.9 Å². The van der Waals surface area contributed by atoms with Crippen molar-refractivity contribution in [1.29, 1.82) is 0 Å². The molecular weight excluding hydrogens is 709 g/mol. The standard InChI is InChI=1S/C42H37F2N5O4S/c43-31-7-4-8-32(44)37(31)47-40(51)36-22-29-28-6-1-2-10-34(28)49(18-15-35(29)54-36)41(52)25-11-13-27(14-12-25)45-39(50)30-21-26-5-3-9-33(26)46-38(30)48-23-42(24-48)16-19-53-20-17-42/h1-2,4,6-8,10-14,21-22H,3,5,9,15-20,23-24H2,(H,45,50)(H,47,51). The number of carbonyl (C=O) groups excluding carboxylic acids is 3. The predicted molar refractivity (Wildman–Crippen MR) is 205 cm³/mol. The van der Waals surface area contributed by atoms with Gasteiger partial charge in [-0.3, -0.25) is 14.4 Å². The molecule has 9 nitrogen and oxygen atoms in total. The first-order chi connectivity index (χ1) is 26.2. The molecule has 1 aliphatic carbocycles. The minimum absolute atomic E-state index is 0.201. The van der Waals surface area contributed by atoms with Gasteiger partial charge in [0, 0.05) is 72.1 Å². The maximum atomic E-state index is 14.2. The van der Waals surface area contributed by atoms with Gasteiger partial charge < -0.3 is 25.2 Å². The van der Waals surface area contributed by atoms with E-state index in [1.165, 1.54) is 17.4 Å². The zero-order valence-corrected chi connectivity index (χ0v) is 30.2. The molecule has 0 unspecified atom stereocenters. The normalized spacial score (nSPS) is 16.9. The number of aryl methyl sites for hydroxylation is 2. The van der Waals surface area contributed by atoms with Gasteiger partial charge in [0.05, 0.1) is 16.1 Å². The molecule has 12 heteroatoms. The largest absolute Gasteiger partial charge is 0.381 e. The highest BCUT2D eigenvalue weighted by Crippen LogP contribution is 2.44. The van der Waals surface area contributed by atoms with E-state index in [9.17, 15) is 23.2 Å². The highest BCUT2D eigenvalue weighted by atomic mass is 32.1. The van der Waals surface area contributed by atoms with Crippen LogP contribution >= 0.6 is 11.3 Å². The van der Waals surface area contributed by atoms with E-state index >= 15 is 0 Å². The minimum Gasteiger partial charge on any atom is -0.381 e. The van der Waals surface area contributed by atoms with Crippen molar-refractivity contribution >= 4 is 51.9 Å². The van der Waals surface area contributed by atoms with Crippen molar-refractivity contribution in [2.45, 2.75) is 38.5 Å². The average Bonchev–Trinajstić information content (AvgIpc) is 3.79. The van der Waals surface area contributed by atoms with Crippen molar-refractivity contribution in [2.75, 3.05) is 53.3 Å². The summed E-state index contributed by atoms with van der Waals surface area (Å²) in [5.41, 5.74) is 5.84. The van der Waals surface area contributed by atoms with Crippen LogP contribution in [0.2, 0.25) is 0 Å². The van der Waals surface area contributed by atoms with Gasteiger partial charge in [0.15, 0.2) is 0 Å². The van der Waals surface area contributed by atoms with E-state index in [2.05, 4.69) is 15.5 Å². The molecule has 5 aromatic rings. The molecule has 3 aromatic carbocycles. The van der Waals surface area contributed by atoms with E-state index in [-0.39, 0.29) is 17.2 Å². The van der Waals surface area contributed by atoms with Gasteiger partial charge in [0.1, 0.15) is 23.1 Å². The second-order valence-electron chi connectivity index (χ2n) is 14.5. The van der Waals surface area contributed by atoms with Crippen LogP contribution in [0, 0.1) is 17.0 Å². The highest BCUT2D eigenvalue weighted by Gasteiger charge is 2.45. The van der Waals surface area contributed by atoms with E-state index in [0.29, 0.717) is 40.3 Å². The number of benzene rings is 3. The molecule has 2 saturated heterocycles. The summed E-state index contributed by atoms with van der Waals surface area (Å²) in [4.78, 5) is 51.2. The third kappa shape index (κ3) is 6.22. The number of thiophene rings is 1. The fraction of sp³-hybridized carbons (Fsp3) is 0.286. The minimum atomic E-state index is -0.854. The van der Waals surface area contributed by atoms with Gasteiger partial charge in [-0.25, -0.2) is 13.8 Å². The molecule has 4 aliphatic rings. The Bertz CT molecular complexity index is 2290. The number of aromatic nitrogens is 1. The van der Waals surface area contributed by atoms with Gasteiger partial charge in [-0.05, 0) is 97.8 Å². The summed E-state index contributed by atoms with van der Waals surface area (Å²) in [6.45, 7) is 3.66. The molecule has 9 rings (SSSR count). The Morgan fingerprint density at radius 3 is 2.35 bits per heavy atom. The van der Waals surface area contributed by atoms with Crippen molar-refractivity contribution in [1.82, 2.24) is 4.98 Å². The van der Waals surface area contributed by atoms with Gasteiger partial charge in [-0.1, -0.05) is 24.3 Å². The molecule has 0 saturated carbocycles. The Kier molecular flexibility index (Phi) is 8.74. The molecule has 274 valence electrons. The maximum Gasteiger partial charge on any atom is 0.265 e. The number of pyridine rings is 1. The maximum absolute atomic E-state index is 14.2. The van der Waals surface area contributed by atoms with Crippen molar-refractivity contribution in [3.05, 3.63) is 123 Å². The number of ether oxygens (including phenoxy) is 1. The van der Waals surface area contributed by atoms with Crippen LogP contribution in [-0.4, -0.2) is 55.6 Å². The van der Waals surface area contributed by atoms with Gasteiger partial charge >= 0.3 is 0 Å². The number of rotatable bonds is 6. The third-order valence-corrected chi connectivity index (χ3v) is 12.3. The number of halogens is 2. The first kappa shape index (κ1) is 34.3. The Labute approximate surface area is 315 Å². The van der Waals surface area contributed by atoms with E-state index in [1.807, 2.05) is 30.3 Å². The van der Waals surface area contributed by atoms with Crippen molar-refractivity contribution in [2.24, 2.45) is 5.41 Å². The van der Waals surface area contributed by atoms with Gasteiger partial charge in [0.25, 0.3) is 17.7 Å². The van der Waals surface area contributed by atoms with E-state index in [1.54, 1.807) is 35.2 Å². The number of amides is 3.